The summed E-state index contributed by atoms with van der Waals surface area (Å²) < 4.78 is 25.5. The summed E-state index contributed by atoms with van der Waals surface area (Å²) in [5, 5.41) is 0.474. The lowest BCUT2D eigenvalue weighted by atomic mass is 10.1. The number of nitrogens with zero attached hydrogens (tertiary/aromatic N) is 2. The van der Waals surface area contributed by atoms with Crippen molar-refractivity contribution >= 4 is 11.6 Å². The Bertz CT molecular complexity index is 775. The van der Waals surface area contributed by atoms with Gasteiger partial charge in [0.05, 0.1) is 13.2 Å². The van der Waals surface area contributed by atoms with Gasteiger partial charge in [0.1, 0.15) is 18.2 Å². The average molecular weight is 391 g/mol. The van der Waals surface area contributed by atoms with Gasteiger partial charge in [-0.2, -0.15) is 0 Å². The Morgan fingerprint density at radius 2 is 1.78 bits per heavy atom. The number of benzene rings is 2. The van der Waals surface area contributed by atoms with E-state index in [9.17, 15) is 4.39 Å². The highest BCUT2D eigenvalue weighted by atomic mass is 35.5. The molecule has 2 aliphatic rings. The molecule has 2 aromatic carbocycles. The molecular formula is C21H24ClFN2O2. The van der Waals surface area contributed by atoms with E-state index >= 15 is 0 Å². The smallest absolute Gasteiger partial charge is 0.129 e. The van der Waals surface area contributed by atoms with Crippen molar-refractivity contribution in [2.24, 2.45) is 0 Å². The zero-order valence-corrected chi connectivity index (χ0v) is 16.1. The summed E-state index contributed by atoms with van der Waals surface area (Å²) in [6.07, 6.45) is 0. The van der Waals surface area contributed by atoms with Crippen LogP contribution in [0.2, 0.25) is 5.02 Å². The molecule has 27 heavy (non-hydrogen) atoms. The quantitative estimate of drug-likeness (QED) is 0.794. The fourth-order valence-corrected chi connectivity index (χ4v) is 3.88. The Kier molecular flexibility index (Phi) is 5.93. The normalized spacial score (nSPS) is 18.6. The summed E-state index contributed by atoms with van der Waals surface area (Å²) in [6, 6.07) is 11.3. The second-order valence-corrected chi connectivity index (χ2v) is 7.50. The van der Waals surface area contributed by atoms with E-state index in [1.165, 1.54) is 11.6 Å². The molecule has 4 nitrogen and oxygen atoms in total. The summed E-state index contributed by atoms with van der Waals surface area (Å²) in [5.74, 6) is 0.664. The highest BCUT2D eigenvalue weighted by molar-refractivity contribution is 6.31. The molecule has 0 aromatic heterocycles. The van der Waals surface area contributed by atoms with E-state index in [1.807, 2.05) is 0 Å². The predicted molar refractivity (Wildman–Crippen MR) is 104 cm³/mol. The number of rotatable bonds is 4. The molecule has 1 saturated heterocycles. The number of ether oxygens (including phenoxy) is 2. The molecule has 0 atom stereocenters. The van der Waals surface area contributed by atoms with Crippen molar-refractivity contribution < 1.29 is 13.9 Å². The van der Waals surface area contributed by atoms with Gasteiger partial charge in [0.25, 0.3) is 0 Å². The van der Waals surface area contributed by atoms with E-state index < -0.39 is 0 Å². The van der Waals surface area contributed by atoms with Crippen molar-refractivity contribution in [3.8, 4) is 5.75 Å². The van der Waals surface area contributed by atoms with Crippen molar-refractivity contribution in [1.82, 2.24) is 9.80 Å². The zero-order valence-electron chi connectivity index (χ0n) is 15.3. The molecular weight excluding hydrogens is 367 g/mol. The second-order valence-electron chi connectivity index (χ2n) is 7.09. The Morgan fingerprint density at radius 3 is 2.59 bits per heavy atom. The van der Waals surface area contributed by atoms with Gasteiger partial charge >= 0.3 is 0 Å². The molecule has 0 N–H and O–H groups in total. The molecule has 0 saturated carbocycles. The maximum atomic E-state index is 14.2. The van der Waals surface area contributed by atoms with Crippen molar-refractivity contribution in [2.45, 2.75) is 19.6 Å². The molecule has 0 radical (unpaired) electrons. The van der Waals surface area contributed by atoms with Crippen LogP contribution < -0.4 is 4.74 Å². The average Bonchev–Trinajstić information content (AvgIpc) is 2.87. The number of hydrogen-bond acceptors (Lipinski definition) is 4. The van der Waals surface area contributed by atoms with Crippen molar-refractivity contribution in [3.63, 3.8) is 0 Å². The molecule has 2 heterocycles. The number of morpholine rings is 1. The van der Waals surface area contributed by atoms with E-state index in [4.69, 9.17) is 21.1 Å². The van der Waals surface area contributed by atoms with Crippen LogP contribution >= 0.6 is 11.6 Å². The minimum absolute atomic E-state index is 0.256. The van der Waals surface area contributed by atoms with Gasteiger partial charge in [0, 0.05) is 55.4 Å². The van der Waals surface area contributed by atoms with Crippen LogP contribution in [-0.4, -0.2) is 49.3 Å². The maximum Gasteiger partial charge on any atom is 0.129 e. The van der Waals surface area contributed by atoms with Crippen molar-refractivity contribution in [3.05, 3.63) is 63.9 Å². The van der Waals surface area contributed by atoms with Crippen LogP contribution in [0, 0.1) is 5.82 Å². The van der Waals surface area contributed by atoms with Crippen LogP contribution in [0.5, 0.6) is 5.75 Å². The molecule has 0 aliphatic carbocycles. The van der Waals surface area contributed by atoms with Crippen LogP contribution in [0.4, 0.5) is 4.39 Å². The fraction of sp³-hybridized carbons (Fsp3) is 0.429. The first-order valence-corrected chi connectivity index (χ1v) is 9.77. The summed E-state index contributed by atoms with van der Waals surface area (Å²) in [7, 11) is 0. The molecule has 0 unspecified atom stereocenters. The highest BCUT2D eigenvalue weighted by Gasteiger charge is 2.19. The predicted octanol–water partition coefficient (Wildman–Crippen LogP) is 3.71. The first-order chi connectivity index (χ1) is 13.2. The summed E-state index contributed by atoms with van der Waals surface area (Å²) in [6.45, 7) is 6.95. The monoisotopic (exact) mass is 390 g/mol. The molecule has 144 valence electrons. The van der Waals surface area contributed by atoms with Gasteiger partial charge in [0.15, 0.2) is 0 Å². The third-order valence-corrected chi connectivity index (χ3v) is 5.49. The summed E-state index contributed by atoms with van der Waals surface area (Å²) in [5.41, 5.74) is 2.96. The molecule has 0 bridgehead atoms. The maximum absolute atomic E-state index is 14.2. The standard InChI is InChI=1S/C21H24ClFN2O2/c22-19-2-1-3-20(23)18(19)15-25-8-11-27-21-5-4-16(12-17(21)14-25)13-24-6-9-26-10-7-24/h1-5,12H,6-11,13-15H2. The summed E-state index contributed by atoms with van der Waals surface area (Å²) in [4.78, 5) is 4.59. The second kappa shape index (κ2) is 8.57. The minimum Gasteiger partial charge on any atom is -0.492 e. The number of hydrogen-bond donors (Lipinski definition) is 0. The first kappa shape index (κ1) is 18.7. The minimum atomic E-state index is -0.256. The van der Waals surface area contributed by atoms with Crippen LogP contribution in [-0.2, 0) is 24.4 Å². The van der Waals surface area contributed by atoms with Crippen LogP contribution in [0.1, 0.15) is 16.7 Å². The highest BCUT2D eigenvalue weighted by Crippen LogP contribution is 2.27. The van der Waals surface area contributed by atoms with Crippen LogP contribution in [0.15, 0.2) is 36.4 Å². The first-order valence-electron chi connectivity index (χ1n) is 9.39. The fourth-order valence-electron chi connectivity index (χ4n) is 3.66. The van der Waals surface area contributed by atoms with Gasteiger partial charge in [-0.25, -0.2) is 4.39 Å². The lowest BCUT2D eigenvalue weighted by molar-refractivity contribution is 0.0342. The van der Waals surface area contributed by atoms with Crippen molar-refractivity contribution in [2.75, 3.05) is 39.5 Å². The van der Waals surface area contributed by atoms with Gasteiger partial charge in [-0.1, -0.05) is 23.7 Å². The van der Waals surface area contributed by atoms with Gasteiger partial charge in [-0.3, -0.25) is 9.80 Å². The topological polar surface area (TPSA) is 24.9 Å². The number of fused-ring (bicyclic) bond motifs is 1. The summed E-state index contributed by atoms with van der Waals surface area (Å²) >= 11 is 6.21. The third-order valence-electron chi connectivity index (χ3n) is 5.14. The molecule has 1 fully saturated rings. The molecule has 6 heteroatoms. The Labute approximate surface area is 164 Å². The molecule has 4 rings (SSSR count). The Morgan fingerprint density at radius 1 is 0.963 bits per heavy atom. The molecule has 0 amide bonds. The van der Waals surface area contributed by atoms with E-state index in [0.717, 1.165) is 57.3 Å². The Hall–Kier alpha value is -1.66. The Balaban J connectivity index is 1.49. The van der Waals surface area contributed by atoms with Crippen LogP contribution in [0.3, 0.4) is 0 Å². The van der Waals surface area contributed by atoms with Gasteiger partial charge in [-0.15, -0.1) is 0 Å². The van der Waals surface area contributed by atoms with Gasteiger partial charge in [0.2, 0.25) is 0 Å². The van der Waals surface area contributed by atoms with E-state index in [-0.39, 0.29) is 5.82 Å². The van der Waals surface area contributed by atoms with E-state index in [0.29, 0.717) is 23.7 Å². The lowest BCUT2D eigenvalue weighted by Crippen LogP contribution is -2.35. The van der Waals surface area contributed by atoms with Gasteiger partial charge in [-0.05, 0) is 29.8 Å². The third kappa shape index (κ3) is 4.61. The van der Waals surface area contributed by atoms with Crippen LogP contribution in [0.25, 0.3) is 0 Å². The largest absolute Gasteiger partial charge is 0.492 e. The lowest BCUT2D eigenvalue weighted by Gasteiger charge is -2.27. The van der Waals surface area contributed by atoms with E-state index in [1.54, 1.807) is 12.1 Å². The zero-order chi connectivity index (χ0) is 18.6. The number of halogens is 2. The van der Waals surface area contributed by atoms with Crippen molar-refractivity contribution in [1.29, 1.82) is 0 Å². The SMILES string of the molecule is Fc1cccc(Cl)c1CN1CCOc2ccc(CN3CCOCC3)cc2C1. The molecule has 2 aliphatic heterocycles. The van der Waals surface area contributed by atoms with E-state index in [2.05, 4.69) is 28.0 Å². The van der Waals surface area contributed by atoms with Gasteiger partial charge < -0.3 is 9.47 Å². The molecule has 0 spiro atoms. The molecule has 2 aromatic rings.